The van der Waals surface area contributed by atoms with Gasteiger partial charge in [0.15, 0.2) is 0 Å². The maximum absolute atomic E-state index is 3.70. The van der Waals surface area contributed by atoms with E-state index in [4.69, 9.17) is 0 Å². The first-order chi connectivity index (χ1) is 9.52. The normalized spacial score (nSPS) is 25.9. The van der Waals surface area contributed by atoms with E-state index in [0.29, 0.717) is 17.5 Å². The van der Waals surface area contributed by atoms with Gasteiger partial charge in [-0.3, -0.25) is 4.90 Å². The molecule has 2 unspecified atom stereocenters. The van der Waals surface area contributed by atoms with Crippen LogP contribution in [0.25, 0.3) is 0 Å². The number of likely N-dealkylation sites (N-methyl/N-ethyl adjacent to an activating group) is 2. The first-order valence-electron chi connectivity index (χ1n) is 7.99. The molecule has 0 aliphatic heterocycles. The SMILES string of the molecule is CCNC1CCC(C)(C)CC1N(C)Cc1ccccc1. The van der Waals surface area contributed by atoms with Gasteiger partial charge in [-0.1, -0.05) is 51.1 Å². The topological polar surface area (TPSA) is 15.3 Å². The fourth-order valence-electron chi connectivity index (χ4n) is 3.50. The highest BCUT2D eigenvalue weighted by Gasteiger charge is 2.36. The van der Waals surface area contributed by atoms with Gasteiger partial charge in [0.2, 0.25) is 0 Å². The maximum Gasteiger partial charge on any atom is 0.0254 e. The van der Waals surface area contributed by atoms with Crippen molar-refractivity contribution in [2.24, 2.45) is 5.41 Å². The van der Waals surface area contributed by atoms with Crippen LogP contribution in [0.3, 0.4) is 0 Å². The third-order valence-electron chi connectivity index (χ3n) is 4.67. The second-order valence-electron chi connectivity index (χ2n) is 7.04. The predicted octanol–water partition coefficient (Wildman–Crippen LogP) is 3.68. The van der Waals surface area contributed by atoms with Crippen molar-refractivity contribution in [1.82, 2.24) is 10.2 Å². The van der Waals surface area contributed by atoms with Crippen LogP contribution in [0.1, 0.15) is 45.6 Å². The lowest BCUT2D eigenvalue weighted by Gasteiger charge is -2.45. The molecule has 0 radical (unpaired) electrons. The molecule has 1 aromatic rings. The Morgan fingerprint density at radius 3 is 2.60 bits per heavy atom. The Hall–Kier alpha value is -0.860. The molecule has 112 valence electrons. The van der Waals surface area contributed by atoms with Crippen molar-refractivity contribution in [2.75, 3.05) is 13.6 Å². The van der Waals surface area contributed by atoms with Crippen LogP contribution in [0.4, 0.5) is 0 Å². The van der Waals surface area contributed by atoms with Crippen LogP contribution in [0.5, 0.6) is 0 Å². The monoisotopic (exact) mass is 274 g/mol. The van der Waals surface area contributed by atoms with E-state index in [1.165, 1.54) is 24.8 Å². The van der Waals surface area contributed by atoms with Gasteiger partial charge in [0.25, 0.3) is 0 Å². The summed E-state index contributed by atoms with van der Waals surface area (Å²) in [6.07, 6.45) is 3.92. The van der Waals surface area contributed by atoms with E-state index >= 15 is 0 Å². The molecule has 2 heteroatoms. The Labute approximate surface area is 124 Å². The number of hydrogen-bond acceptors (Lipinski definition) is 2. The Kier molecular flexibility index (Phi) is 5.22. The van der Waals surface area contributed by atoms with Crippen molar-refractivity contribution < 1.29 is 0 Å². The molecule has 0 aromatic heterocycles. The summed E-state index contributed by atoms with van der Waals surface area (Å²) < 4.78 is 0. The summed E-state index contributed by atoms with van der Waals surface area (Å²) >= 11 is 0. The summed E-state index contributed by atoms with van der Waals surface area (Å²) in [6.45, 7) is 9.16. The Morgan fingerprint density at radius 1 is 1.25 bits per heavy atom. The molecule has 20 heavy (non-hydrogen) atoms. The molecule has 2 rings (SSSR count). The number of nitrogens with one attached hydrogen (secondary N) is 1. The van der Waals surface area contributed by atoms with Gasteiger partial charge < -0.3 is 5.32 Å². The molecule has 0 bridgehead atoms. The maximum atomic E-state index is 3.70. The summed E-state index contributed by atoms with van der Waals surface area (Å²) in [7, 11) is 2.28. The smallest absolute Gasteiger partial charge is 0.0254 e. The molecular weight excluding hydrogens is 244 g/mol. The molecule has 1 aliphatic carbocycles. The van der Waals surface area contributed by atoms with Crippen LogP contribution in [0.15, 0.2) is 30.3 Å². The molecule has 0 saturated heterocycles. The van der Waals surface area contributed by atoms with E-state index in [1.54, 1.807) is 0 Å². The highest BCUT2D eigenvalue weighted by molar-refractivity contribution is 5.14. The quantitative estimate of drug-likeness (QED) is 0.881. The minimum Gasteiger partial charge on any atom is -0.313 e. The standard InChI is InChI=1S/C18H30N2/c1-5-19-16-11-12-18(2,3)13-17(16)20(4)14-15-9-7-6-8-10-15/h6-10,16-17,19H,5,11-14H2,1-4H3. The van der Waals surface area contributed by atoms with E-state index in [9.17, 15) is 0 Å². The van der Waals surface area contributed by atoms with E-state index < -0.39 is 0 Å². The van der Waals surface area contributed by atoms with Crippen LogP contribution in [-0.2, 0) is 6.54 Å². The van der Waals surface area contributed by atoms with E-state index in [2.05, 4.69) is 68.4 Å². The molecule has 1 N–H and O–H groups in total. The van der Waals surface area contributed by atoms with E-state index in [0.717, 1.165) is 13.1 Å². The largest absolute Gasteiger partial charge is 0.313 e. The van der Waals surface area contributed by atoms with Gasteiger partial charge in [-0.15, -0.1) is 0 Å². The van der Waals surface area contributed by atoms with Gasteiger partial charge in [-0.25, -0.2) is 0 Å². The van der Waals surface area contributed by atoms with E-state index in [-0.39, 0.29) is 0 Å². The summed E-state index contributed by atoms with van der Waals surface area (Å²) in [4.78, 5) is 2.55. The molecule has 0 spiro atoms. The molecule has 1 aliphatic rings. The Bertz CT molecular complexity index is 399. The fourth-order valence-corrected chi connectivity index (χ4v) is 3.50. The summed E-state index contributed by atoms with van der Waals surface area (Å²) in [5, 5.41) is 3.70. The molecule has 1 fully saturated rings. The molecule has 1 aromatic carbocycles. The molecule has 0 amide bonds. The second kappa shape index (κ2) is 6.73. The van der Waals surface area contributed by atoms with Crippen LogP contribution < -0.4 is 5.32 Å². The second-order valence-corrected chi connectivity index (χ2v) is 7.04. The average molecular weight is 274 g/mol. The van der Waals surface area contributed by atoms with Crippen molar-refractivity contribution in [3.05, 3.63) is 35.9 Å². The lowest BCUT2D eigenvalue weighted by atomic mass is 9.72. The number of nitrogens with zero attached hydrogens (tertiary/aromatic N) is 1. The number of benzene rings is 1. The predicted molar refractivity (Wildman–Crippen MR) is 86.8 cm³/mol. The minimum atomic E-state index is 0.474. The first-order valence-corrected chi connectivity index (χ1v) is 7.99. The lowest BCUT2D eigenvalue weighted by molar-refractivity contribution is 0.0781. The van der Waals surface area contributed by atoms with Crippen molar-refractivity contribution in [3.63, 3.8) is 0 Å². The zero-order valence-electron chi connectivity index (χ0n) is 13.5. The number of hydrogen-bond donors (Lipinski definition) is 1. The lowest BCUT2D eigenvalue weighted by Crippen LogP contribution is -2.53. The molecule has 2 atom stereocenters. The molecular formula is C18H30N2. The third kappa shape index (κ3) is 4.07. The van der Waals surface area contributed by atoms with Crippen LogP contribution in [-0.4, -0.2) is 30.6 Å². The zero-order valence-corrected chi connectivity index (χ0v) is 13.5. The average Bonchev–Trinajstić information content (AvgIpc) is 2.42. The van der Waals surface area contributed by atoms with Crippen molar-refractivity contribution in [3.8, 4) is 0 Å². The third-order valence-corrected chi connectivity index (χ3v) is 4.67. The number of rotatable bonds is 5. The van der Waals surface area contributed by atoms with Crippen molar-refractivity contribution >= 4 is 0 Å². The van der Waals surface area contributed by atoms with Gasteiger partial charge in [0.1, 0.15) is 0 Å². The minimum absolute atomic E-state index is 0.474. The molecule has 1 saturated carbocycles. The van der Waals surface area contributed by atoms with Gasteiger partial charge in [-0.2, -0.15) is 0 Å². The highest BCUT2D eigenvalue weighted by Crippen LogP contribution is 2.37. The van der Waals surface area contributed by atoms with Crippen molar-refractivity contribution in [2.45, 2.75) is 58.7 Å². The fraction of sp³-hybridized carbons (Fsp3) is 0.667. The van der Waals surface area contributed by atoms with Crippen LogP contribution in [0.2, 0.25) is 0 Å². The van der Waals surface area contributed by atoms with Gasteiger partial charge >= 0.3 is 0 Å². The summed E-state index contributed by atoms with van der Waals surface area (Å²) in [5.74, 6) is 0. The van der Waals surface area contributed by atoms with Crippen molar-refractivity contribution in [1.29, 1.82) is 0 Å². The Morgan fingerprint density at radius 2 is 1.95 bits per heavy atom. The Balaban J connectivity index is 2.05. The van der Waals surface area contributed by atoms with Gasteiger partial charge in [0.05, 0.1) is 0 Å². The van der Waals surface area contributed by atoms with Gasteiger partial charge in [-0.05, 0) is 43.8 Å². The molecule has 0 heterocycles. The summed E-state index contributed by atoms with van der Waals surface area (Å²) in [6, 6.07) is 12.1. The summed E-state index contributed by atoms with van der Waals surface area (Å²) in [5.41, 5.74) is 1.88. The zero-order chi connectivity index (χ0) is 14.6. The first kappa shape index (κ1) is 15.5. The molecule has 2 nitrogen and oxygen atoms in total. The van der Waals surface area contributed by atoms with E-state index in [1.807, 2.05) is 0 Å². The van der Waals surface area contributed by atoms with Crippen LogP contribution >= 0.6 is 0 Å². The highest BCUT2D eigenvalue weighted by atomic mass is 15.2. The van der Waals surface area contributed by atoms with Crippen LogP contribution in [0, 0.1) is 5.41 Å². The van der Waals surface area contributed by atoms with Gasteiger partial charge in [0, 0.05) is 18.6 Å².